The Balaban J connectivity index is 2.27. The van der Waals surface area contributed by atoms with E-state index in [2.05, 4.69) is 14.4 Å². The van der Waals surface area contributed by atoms with Gasteiger partial charge in [0, 0.05) is 17.8 Å². The molecule has 0 saturated heterocycles. The molecule has 0 amide bonds. The van der Waals surface area contributed by atoms with Gasteiger partial charge >= 0.3 is 0 Å². The molecular weight excluding hydrogens is 303 g/mol. The van der Waals surface area contributed by atoms with Crippen LogP contribution in [0.4, 0.5) is 10.1 Å². The predicted molar refractivity (Wildman–Crippen MR) is 88.9 cm³/mol. The molecule has 0 saturated carbocycles. The molecule has 0 bridgehead atoms. The molecule has 0 aliphatic carbocycles. The van der Waals surface area contributed by atoms with Gasteiger partial charge in [-0.2, -0.15) is 0 Å². The number of halogens is 1. The Labute approximate surface area is 128 Å². The van der Waals surface area contributed by atoms with Gasteiger partial charge in [-0.25, -0.2) is 9.37 Å². The van der Waals surface area contributed by atoms with Crippen LogP contribution < -0.4 is 11.2 Å². The standard InChI is InChI=1S/C14H12BFN3O2P/c15-6-3-7-8(5-19(22)14(7)18-4-6)13(21)11-10(20)2-1-9(17)12(11)16/h1-5,20H,15,17,22H2. The molecule has 0 aliphatic rings. The van der Waals surface area contributed by atoms with E-state index in [1.165, 1.54) is 18.3 Å². The summed E-state index contributed by atoms with van der Waals surface area (Å²) >= 11 is 0. The topological polar surface area (TPSA) is 81.1 Å². The molecule has 0 radical (unpaired) electrons. The maximum atomic E-state index is 14.2. The smallest absolute Gasteiger partial charge is 0.202 e. The Kier molecular flexibility index (Phi) is 3.37. The van der Waals surface area contributed by atoms with Crippen molar-refractivity contribution in [2.75, 3.05) is 5.73 Å². The van der Waals surface area contributed by atoms with Crippen LogP contribution in [0.3, 0.4) is 0 Å². The van der Waals surface area contributed by atoms with E-state index >= 15 is 0 Å². The lowest BCUT2D eigenvalue weighted by Gasteiger charge is -2.06. The average molecular weight is 315 g/mol. The van der Waals surface area contributed by atoms with Crippen molar-refractivity contribution in [1.29, 1.82) is 0 Å². The molecule has 0 spiro atoms. The molecule has 22 heavy (non-hydrogen) atoms. The number of hydrogen-bond acceptors (Lipinski definition) is 4. The predicted octanol–water partition coefficient (Wildman–Crippen LogP) is 0.591. The minimum Gasteiger partial charge on any atom is -0.507 e. The number of anilines is 1. The number of carbonyl (C=O) groups excluding carboxylic acids is 1. The van der Waals surface area contributed by atoms with E-state index in [0.29, 0.717) is 11.0 Å². The Bertz CT molecular complexity index is 926. The van der Waals surface area contributed by atoms with Crippen LogP contribution in [0, 0.1) is 5.82 Å². The van der Waals surface area contributed by atoms with Crippen LogP contribution in [0.25, 0.3) is 11.0 Å². The number of rotatable bonds is 2. The van der Waals surface area contributed by atoms with Crippen LogP contribution >= 0.6 is 9.39 Å². The second kappa shape index (κ2) is 5.11. The van der Waals surface area contributed by atoms with E-state index in [0.717, 1.165) is 5.46 Å². The van der Waals surface area contributed by atoms with Crippen molar-refractivity contribution in [3.63, 3.8) is 0 Å². The van der Waals surface area contributed by atoms with Gasteiger partial charge in [-0.05, 0) is 21.5 Å². The highest BCUT2D eigenvalue weighted by Crippen LogP contribution is 2.30. The number of nitrogens with two attached hydrogens (primary N) is 1. The number of pyridine rings is 1. The van der Waals surface area contributed by atoms with Crippen LogP contribution in [0.2, 0.25) is 0 Å². The van der Waals surface area contributed by atoms with Crippen LogP contribution in [0.1, 0.15) is 15.9 Å². The maximum Gasteiger partial charge on any atom is 0.202 e. The van der Waals surface area contributed by atoms with Gasteiger partial charge in [0.05, 0.1) is 11.3 Å². The fourth-order valence-corrected chi connectivity index (χ4v) is 2.70. The number of nitrogen functional groups attached to an aromatic ring is 1. The Morgan fingerprint density at radius 2 is 2.18 bits per heavy atom. The number of nitrogens with zero attached hydrogens (tertiary/aromatic N) is 2. The fourth-order valence-electron chi connectivity index (χ4n) is 2.35. The van der Waals surface area contributed by atoms with Gasteiger partial charge in [0.1, 0.15) is 24.8 Å². The highest BCUT2D eigenvalue weighted by Gasteiger charge is 2.24. The lowest BCUT2D eigenvalue weighted by Crippen LogP contribution is -2.08. The van der Waals surface area contributed by atoms with E-state index in [1.807, 2.05) is 7.85 Å². The first kappa shape index (κ1) is 14.5. The zero-order valence-corrected chi connectivity index (χ0v) is 12.8. The Morgan fingerprint density at radius 1 is 1.45 bits per heavy atom. The highest BCUT2D eigenvalue weighted by molar-refractivity contribution is 7.14. The molecule has 3 aromatic rings. The Morgan fingerprint density at radius 3 is 2.91 bits per heavy atom. The van der Waals surface area contributed by atoms with E-state index in [-0.39, 0.29) is 11.3 Å². The second-order valence-electron chi connectivity index (χ2n) is 5.03. The summed E-state index contributed by atoms with van der Waals surface area (Å²) in [5, 5.41) is 10.4. The molecular formula is C14H12BFN3O2P. The minimum absolute atomic E-state index is 0.190. The van der Waals surface area contributed by atoms with Gasteiger partial charge in [0.2, 0.25) is 5.78 Å². The molecule has 1 atom stereocenters. The number of ketones is 1. The fraction of sp³-hybridized carbons (Fsp3) is 0. The SMILES string of the molecule is Bc1cnc2c(c1)c(C(=O)c1c(O)ccc(N)c1F)cn2P. The summed E-state index contributed by atoms with van der Waals surface area (Å²) in [5.41, 5.74) is 6.56. The number of hydrogen-bond donors (Lipinski definition) is 2. The molecule has 2 heterocycles. The van der Waals surface area contributed by atoms with E-state index in [1.54, 1.807) is 16.6 Å². The van der Waals surface area contributed by atoms with Crippen molar-refractivity contribution in [3.8, 4) is 5.75 Å². The van der Waals surface area contributed by atoms with Gasteiger partial charge in [0.15, 0.2) is 5.82 Å². The summed E-state index contributed by atoms with van der Waals surface area (Å²) in [7, 11) is 4.26. The molecule has 110 valence electrons. The summed E-state index contributed by atoms with van der Waals surface area (Å²) in [5.74, 6) is -2.00. The number of aromatic nitrogens is 2. The monoisotopic (exact) mass is 315 g/mol. The molecule has 3 N–H and O–H groups in total. The molecule has 8 heteroatoms. The lowest BCUT2D eigenvalue weighted by molar-refractivity contribution is 0.103. The summed E-state index contributed by atoms with van der Waals surface area (Å²) in [6.07, 6.45) is 3.21. The molecule has 3 rings (SSSR count). The molecule has 1 aromatic carbocycles. The van der Waals surface area contributed by atoms with Crippen LogP contribution in [-0.4, -0.2) is 28.1 Å². The van der Waals surface area contributed by atoms with Gasteiger partial charge < -0.3 is 15.2 Å². The number of phenols is 1. The summed E-state index contributed by atoms with van der Waals surface area (Å²) in [4.78, 5) is 16.9. The molecule has 5 nitrogen and oxygen atoms in total. The minimum atomic E-state index is -0.921. The average Bonchev–Trinajstić information content (AvgIpc) is 2.80. The van der Waals surface area contributed by atoms with E-state index in [4.69, 9.17) is 5.73 Å². The van der Waals surface area contributed by atoms with Gasteiger partial charge in [-0.3, -0.25) is 4.79 Å². The first-order valence-electron chi connectivity index (χ1n) is 6.44. The molecule has 0 aliphatic heterocycles. The normalized spacial score (nSPS) is 11.0. The number of phenolic OH excluding ortho intramolecular Hbond substituents is 1. The second-order valence-corrected chi connectivity index (χ2v) is 5.58. The highest BCUT2D eigenvalue weighted by atomic mass is 31.0. The number of benzene rings is 1. The van der Waals surface area contributed by atoms with E-state index < -0.39 is 22.9 Å². The molecule has 0 fully saturated rings. The van der Waals surface area contributed by atoms with Crippen molar-refractivity contribution in [2.24, 2.45) is 0 Å². The van der Waals surface area contributed by atoms with Gasteiger partial charge in [-0.15, -0.1) is 0 Å². The third-order valence-corrected chi connectivity index (χ3v) is 3.82. The lowest BCUT2D eigenvalue weighted by atomic mass is 9.95. The van der Waals surface area contributed by atoms with Gasteiger partial charge in [0.25, 0.3) is 0 Å². The number of carbonyl (C=O) groups is 1. The summed E-state index contributed by atoms with van der Waals surface area (Å²) in [6, 6.07) is 4.21. The van der Waals surface area contributed by atoms with Crippen molar-refractivity contribution >= 4 is 45.2 Å². The maximum absolute atomic E-state index is 14.2. The Hall–Kier alpha value is -2.40. The van der Waals surface area contributed by atoms with E-state index in [9.17, 15) is 14.3 Å². The quantitative estimate of drug-likeness (QED) is 0.238. The number of aromatic hydroxyl groups is 1. The molecule has 2 aromatic heterocycles. The van der Waals surface area contributed by atoms with Crippen molar-refractivity contribution in [3.05, 3.63) is 47.5 Å². The summed E-state index contributed by atoms with van der Waals surface area (Å²) in [6.45, 7) is 0. The zero-order valence-electron chi connectivity index (χ0n) is 11.7. The van der Waals surface area contributed by atoms with Crippen molar-refractivity contribution < 1.29 is 14.3 Å². The third kappa shape index (κ3) is 2.14. The van der Waals surface area contributed by atoms with Gasteiger partial charge in [-0.1, -0.05) is 11.5 Å². The third-order valence-electron chi connectivity index (χ3n) is 3.43. The zero-order chi connectivity index (χ0) is 16.0. The van der Waals surface area contributed by atoms with Crippen LogP contribution in [0.5, 0.6) is 5.75 Å². The largest absolute Gasteiger partial charge is 0.507 e. The van der Waals surface area contributed by atoms with Crippen LogP contribution in [-0.2, 0) is 0 Å². The van der Waals surface area contributed by atoms with Crippen LogP contribution in [0.15, 0.2) is 30.6 Å². The van der Waals surface area contributed by atoms with Crippen molar-refractivity contribution in [2.45, 2.75) is 0 Å². The number of fused-ring (bicyclic) bond motifs is 1. The first-order chi connectivity index (χ1) is 10.4. The van der Waals surface area contributed by atoms with Crippen molar-refractivity contribution in [1.82, 2.24) is 9.32 Å². The summed E-state index contributed by atoms with van der Waals surface area (Å²) < 4.78 is 15.8. The first-order valence-corrected chi connectivity index (χ1v) is 6.96. The molecule has 1 unspecified atom stereocenters.